The van der Waals surface area contributed by atoms with Gasteiger partial charge in [-0.3, -0.25) is 4.79 Å². The van der Waals surface area contributed by atoms with Gasteiger partial charge in [-0.25, -0.2) is 9.59 Å². The summed E-state index contributed by atoms with van der Waals surface area (Å²) in [7, 11) is 0. The first-order chi connectivity index (χ1) is 14.8. The molecule has 2 N–H and O–H groups in total. The summed E-state index contributed by atoms with van der Waals surface area (Å²) in [6.07, 6.45) is 5.39. The molecule has 1 heterocycles. The molecule has 1 aliphatic heterocycles. The van der Waals surface area contributed by atoms with Crippen molar-refractivity contribution in [1.82, 2.24) is 9.80 Å². The van der Waals surface area contributed by atoms with Crippen molar-refractivity contribution in [2.24, 2.45) is 11.8 Å². The molecular weight excluding hydrogens is 400 g/mol. The number of carbonyl (C=O) groups is 3. The molecule has 1 saturated heterocycles. The molecule has 1 aromatic rings. The lowest BCUT2D eigenvalue weighted by Gasteiger charge is -2.19. The van der Waals surface area contributed by atoms with Crippen LogP contribution in [0.4, 0.5) is 0 Å². The summed E-state index contributed by atoms with van der Waals surface area (Å²) < 4.78 is 5.86. The molecular formula is C23H34N2O6. The third-order valence-electron chi connectivity index (χ3n) is 6.02. The summed E-state index contributed by atoms with van der Waals surface area (Å²) in [5.41, 5.74) is 0.736. The molecule has 1 aliphatic carbocycles. The van der Waals surface area contributed by atoms with Crippen LogP contribution in [0, 0.1) is 11.8 Å². The van der Waals surface area contributed by atoms with Gasteiger partial charge < -0.3 is 24.7 Å². The van der Waals surface area contributed by atoms with E-state index in [9.17, 15) is 4.79 Å². The number of rotatable bonds is 8. The number of hydrogen-bond donors (Lipinski definition) is 2. The molecule has 8 nitrogen and oxygen atoms in total. The van der Waals surface area contributed by atoms with E-state index in [0.29, 0.717) is 0 Å². The molecule has 2 fully saturated rings. The van der Waals surface area contributed by atoms with E-state index in [-0.39, 0.29) is 5.91 Å². The molecule has 2 unspecified atom stereocenters. The van der Waals surface area contributed by atoms with Gasteiger partial charge in [-0.1, -0.05) is 6.42 Å². The smallest absolute Gasteiger partial charge is 0.414 e. The van der Waals surface area contributed by atoms with Crippen LogP contribution in [0.1, 0.15) is 49.9 Å². The minimum absolute atomic E-state index is 0.0936. The second-order valence-electron chi connectivity index (χ2n) is 8.02. The van der Waals surface area contributed by atoms with Crippen LogP contribution in [-0.4, -0.2) is 77.2 Å². The third-order valence-corrected chi connectivity index (χ3v) is 6.02. The van der Waals surface area contributed by atoms with E-state index in [2.05, 4.69) is 4.90 Å². The average molecular weight is 435 g/mol. The fraction of sp³-hybridized carbons (Fsp3) is 0.609. The van der Waals surface area contributed by atoms with Crippen LogP contribution in [0.3, 0.4) is 0 Å². The Bertz CT molecular complexity index is 708. The fourth-order valence-electron chi connectivity index (χ4n) is 4.38. The number of carboxylic acids is 2. The average Bonchev–Trinajstić information content (AvgIpc) is 3.35. The van der Waals surface area contributed by atoms with Gasteiger partial charge in [0.2, 0.25) is 0 Å². The third kappa shape index (κ3) is 7.54. The molecule has 3 rings (SSSR count). The number of fused-ring (bicyclic) bond motifs is 1. The highest BCUT2D eigenvalue weighted by Crippen LogP contribution is 2.37. The van der Waals surface area contributed by atoms with Crippen molar-refractivity contribution < 1.29 is 29.3 Å². The number of carbonyl (C=O) groups excluding carboxylic acids is 1. The van der Waals surface area contributed by atoms with E-state index in [1.165, 1.54) is 32.4 Å². The number of ether oxygens (including phenoxy) is 1. The second-order valence-corrected chi connectivity index (χ2v) is 8.02. The van der Waals surface area contributed by atoms with Crippen molar-refractivity contribution in [2.75, 3.05) is 39.3 Å². The molecule has 1 amide bonds. The first-order valence-corrected chi connectivity index (χ1v) is 11.1. The highest BCUT2D eigenvalue weighted by Gasteiger charge is 2.35. The maximum atomic E-state index is 12.3. The quantitative estimate of drug-likeness (QED) is 0.478. The Morgan fingerprint density at radius 1 is 1.00 bits per heavy atom. The minimum atomic E-state index is -1.82. The lowest BCUT2D eigenvalue weighted by molar-refractivity contribution is -0.159. The summed E-state index contributed by atoms with van der Waals surface area (Å²) in [5, 5.41) is 14.8. The SMILES string of the molecule is CCN(CC)C(=O)c1ccc(OCCCN2CC3CCCC3C2)cc1.O=C(O)C(=O)O. The van der Waals surface area contributed by atoms with Crippen LogP contribution < -0.4 is 4.74 Å². The Hall–Kier alpha value is -2.61. The monoisotopic (exact) mass is 434 g/mol. The van der Waals surface area contributed by atoms with Gasteiger partial charge in [0.1, 0.15) is 5.75 Å². The highest BCUT2D eigenvalue weighted by atomic mass is 16.5. The zero-order valence-electron chi connectivity index (χ0n) is 18.5. The first-order valence-electron chi connectivity index (χ1n) is 11.1. The number of benzene rings is 1. The van der Waals surface area contributed by atoms with Gasteiger partial charge in [0, 0.05) is 38.3 Å². The lowest BCUT2D eigenvalue weighted by Crippen LogP contribution is -2.30. The van der Waals surface area contributed by atoms with Crippen LogP contribution >= 0.6 is 0 Å². The van der Waals surface area contributed by atoms with Gasteiger partial charge in [-0.2, -0.15) is 0 Å². The molecule has 172 valence electrons. The molecule has 31 heavy (non-hydrogen) atoms. The van der Waals surface area contributed by atoms with Gasteiger partial charge in [0.25, 0.3) is 5.91 Å². The van der Waals surface area contributed by atoms with Crippen molar-refractivity contribution in [3.8, 4) is 5.75 Å². The van der Waals surface area contributed by atoms with Crippen molar-refractivity contribution in [1.29, 1.82) is 0 Å². The van der Waals surface area contributed by atoms with Crippen molar-refractivity contribution in [3.05, 3.63) is 29.8 Å². The number of amides is 1. The molecule has 1 saturated carbocycles. The summed E-state index contributed by atoms with van der Waals surface area (Å²) in [4.78, 5) is 34.9. The molecule has 1 aromatic carbocycles. The number of aliphatic carboxylic acids is 2. The van der Waals surface area contributed by atoms with E-state index in [0.717, 1.165) is 55.8 Å². The van der Waals surface area contributed by atoms with Crippen LogP contribution in [0.2, 0.25) is 0 Å². The van der Waals surface area contributed by atoms with Gasteiger partial charge in [-0.05, 0) is 69.2 Å². The Morgan fingerprint density at radius 2 is 1.55 bits per heavy atom. The van der Waals surface area contributed by atoms with E-state index in [4.69, 9.17) is 24.5 Å². The molecule has 2 atom stereocenters. The van der Waals surface area contributed by atoms with Gasteiger partial charge in [0.15, 0.2) is 0 Å². The topological polar surface area (TPSA) is 107 Å². The highest BCUT2D eigenvalue weighted by molar-refractivity contribution is 6.27. The van der Waals surface area contributed by atoms with Gasteiger partial charge in [-0.15, -0.1) is 0 Å². The summed E-state index contributed by atoms with van der Waals surface area (Å²) in [6, 6.07) is 7.57. The number of likely N-dealkylation sites (tertiary alicyclic amines) is 1. The molecule has 2 aliphatic rings. The fourth-order valence-corrected chi connectivity index (χ4v) is 4.38. The Labute approximate surface area is 183 Å². The molecule has 8 heteroatoms. The van der Waals surface area contributed by atoms with Crippen LogP contribution in [0.25, 0.3) is 0 Å². The van der Waals surface area contributed by atoms with Crippen molar-refractivity contribution >= 4 is 17.8 Å². The summed E-state index contributed by atoms with van der Waals surface area (Å²) in [6.45, 7) is 9.98. The van der Waals surface area contributed by atoms with E-state index < -0.39 is 11.9 Å². The Kier molecular flexibility index (Phi) is 9.78. The van der Waals surface area contributed by atoms with E-state index in [1.54, 1.807) is 0 Å². The zero-order valence-corrected chi connectivity index (χ0v) is 18.5. The van der Waals surface area contributed by atoms with Crippen molar-refractivity contribution in [3.63, 3.8) is 0 Å². The van der Waals surface area contributed by atoms with Crippen LogP contribution in [0.5, 0.6) is 5.75 Å². The standard InChI is InChI=1S/C21H32N2O2.C2H2O4/c1-3-23(4-2)21(24)17-9-11-20(12-10-17)25-14-6-13-22-15-18-7-5-8-19(18)16-22;3-1(4)2(5)6/h9-12,18-19H,3-8,13-16H2,1-2H3;(H,3,4)(H,5,6). The second kappa shape index (κ2) is 12.3. The van der Waals surface area contributed by atoms with E-state index in [1.807, 2.05) is 43.0 Å². The molecule has 0 spiro atoms. The zero-order chi connectivity index (χ0) is 22.8. The number of carboxylic acid groups (broad SMARTS) is 2. The maximum Gasteiger partial charge on any atom is 0.414 e. The van der Waals surface area contributed by atoms with Crippen LogP contribution in [-0.2, 0) is 9.59 Å². The molecule has 0 radical (unpaired) electrons. The Morgan fingerprint density at radius 3 is 2.03 bits per heavy atom. The Balaban J connectivity index is 0.000000501. The predicted octanol–water partition coefficient (Wildman–Crippen LogP) is 2.83. The van der Waals surface area contributed by atoms with Gasteiger partial charge >= 0.3 is 11.9 Å². The van der Waals surface area contributed by atoms with E-state index >= 15 is 0 Å². The lowest BCUT2D eigenvalue weighted by atomic mass is 10.0. The summed E-state index contributed by atoms with van der Waals surface area (Å²) in [5.74, 6) is -0.760. The molecule has 0 bridgehead atoms. The number of nitrogens with zero attached hydrogens (tertiary/aromatic N) is 2. The van der Waals surface area contributed by atoms with Gasteiger partial charge in [0.05, 0.1) is 6.61 Å². The van der Waals surface area contributed by atoms with Crippen molar-refractivity contribution in [2.45, 2.75) is 39.5 Å². The maximum absolute atomic E-state index is 12.3. The minimum Gasteiger partial charge on any atom is -0.494 e. The number of hydrogen-bond acceptors (Lipinski definition) is 5. The first kappa shape index (κ1) is 24.7. The van der Waals surface area contributed by atoms with Crippen LogP contribution in [0.15, 0.2) is 24.3 Å². The summed E-state index contributed by atoms with van der Waals surface area (Å²) >= 11 is 0. The molecule has 0 aromatic heterocycles. The largest absolute Gasteiger partial charge is 0.494 e. The normalized spacial score (nSPS) is 19.8. The predicted molar refractivity (Wildman–Crippen MR) is 116 cm³/mol.